The Morgan fingerprint density at radius 2 is 2.24 bits per heavy atom. The van der Waals surface area contributed by atoms with Crippen LogP contribution in [0.4, 0.5) is 10.7 Å². The molecule has 1 aliphatic heterocycles. The Bertz CT molecular complexity index is 644. The molecular weight excluding hydrogens is 320 g/mol. The predicted octanol–water partition coefficient (Wildman–Crippen LogP) is 0.740. The van der Waals surface area contributed by atoms with Gasteiger partial charge in [-0.15, -0.1) is 0 Å². The highest BCUT2D eigenvalue weighted by atomic mass is 32.2. The van der Waals surface area contributed by atoms with E-state index in [0.717, 1.165) is 17.4 Å². The van der Waals surface area contributed by atoms with E-state index < -0.39 is 14.9 Å². The maximum absolute atomic E-state index is 12.6. The Hall–Kier alpha value is -1.27. The van der Waals surface area contributed by atoms with E-state index in [0.29, 0.717) is 0 Å². The molecule has 0 saturated carbocycles. The second-order valence-corrected chi connectivity index (χ2v) is 7.92. The van der Waals surface area contributed by atoms with Crippen LogP contribution in [0.1, 0.15) is 13.8 Å². The molecule has 2 heterocycles. The Balaban J connectivity index is 2.41. The first-order valence-electron chi connectivity index (χ1n) is 6.15. The third-order valence-corrected chi connectivity index (χ3v) is 6.62. The molecule has 0 aromatic carbocycles. The fourth-order valence-corrected chi connectivity index (χ4v) is 5.11. The molecule has 1 fully saturated rings. The third kappa shape index (κ3) is 3.01. The number of sulfonamides is 1. The number of nitrogens with two attached hydrogens (primary N) is 1. The Labute approximate surface area is 125 Å². The summed E-state index contributed by atoms with van der Waals surface area (Å²) in [5.74, 6) is 5.20. The predicted molar refractivity (Wildman–Crippen MR) is 77.6 cm³/mol. The van der Waals surface area contributed by atoms with Gasteiger partial charge in [0.2, 0.25) is 0 Å². The summed E-state index contributed by atoms with van der Waals surface area (Å²) < 4.78 is 31.9. The molecule has 11 heteroatoms. The fraction of sp³-hybridized carbons (Fsp3) is 0.600. The van der Waals surface area contributed by atoms with Crippen molar-refractivity contribution in [2.75, 3.05) is 18.6 Å². The summed E-state index contributed by atoms with van der Waals surface area (Å²) in [4.78, 5) is 10.2. The number of nitrogen functional groups attached to an aromatic ring is 1. The Kier molecular flexibility index (Phi) is 4.49. The van der Waals surface area contributed by atoms with Crippen LogP contribution in [0.15, 0.2) is 10.3 Å². The highest BCUT2D eigenvalue weighted by Gasteiger charge is 2.37. The average molecular weight is 336 g/mol. The number of rotatable bonds is 4. The number of hydrogen-bond donors (Lipinski definition) is 2. The number of nitrogens with one attached hydrogen (secondary N) is 1. The number of ether oxygens (including phenoxy) is 1. The molecule has 0 aliphatic carbocycles. The highest BCUT2D eigenvalue weighted by molar-refractivity contribution is 7.91. The summed E-state index contributed by atoms with van der Waals surface area (Å²) in [5.41, 5.74) is 1.81. The van der Waals surface area contributed by atoms with Crippen molar-refractivity contribution in [2.45, 2.75) is 30.2 Å². The standard InChI is InChI=1S/C10H16N4O5S2/c1-6-5-19-7(2)4-13(6)21(17,18)9-3-8(14(15)16)10(12-11)20-9/h3,6-7,12H,4-5,11H2,1-2H3. The van der Waals surface area contributed by atoms with Gasteiger partial charge < -0.3 is 10.2 Å². The van der Waals surface area contributed by atoms with Crippen LogP contribution in [0.25, 0.3) is 0 Å². The molecule has 1 aromatic rings. The van der Waals surface area contributed by atoms with Gasteiger partial charge in [0.05, 0.1) is 17.6 Å². The van der Waals surface area contributed by atoms with Crippen LogP contribution in [0, 0.1) is 10.1 Å². The van der Waals surface area contributed by atoms with E-state index in [9.17, 15) is 18.5 Å². The molecule has 2 atom stereocenters. The van der Waals surface area contributed by atoms with Crippen LogP contribution in [-0.2, 0) is 14.8 Å². The van der Waals surface area contributed by atoms with Crippen molar-refractivity contribution in [1.82, 2.24) is 4.31 Å². The largest absolute Gasteiger partial charge is 0.375 e. The summed E-state index contributed by atoms with van der Waals surface area (Å²) in [7, 11) is -3.82. The second kappa shape index (κ2) is 5.85. The van der Waals surface area contributed by atoms with Crippen LogP contribution in [0.2, 0.25) is 0 Å². The van der Waals surface area contributed by atoms with E-state index in [1.54, 1.807) is 13.8 Å². The number of nitro groups is 1. The van der Waals surface area contributed by atoms with Gasteiger partial charge in [-0.25, -0.2) is 14.3 Å². The lowest BCUT2D eigenvalue weighted by Gasteiger charge is -2.35. The van der Waals surface area contributed by atoms with Gasteiger partial charge in [-0.2, -0.15) is 4.31 Å². The number of anilines is 1. The highest BCUT2D eigenvalue weighted by Crippen LogP contribution is 2.38. The molecule has 118 valence electrons. The molecule has 3 N–H and O–H groups in total. The van der Waals surface area contributed by atoms with E-state index in [4.69, 9.17) is 10.6 Å². The maximum atomic E-state index is 12.6. The molecule has 0 spiro atoms. The molecular formula is C10H16N4O5S2. The van der Waals surface area contributed by atoms with Gasteiger partial charge in [0.15, 0.2) is 5.00 Å². The lowest BCUT2D eigenvalue weighted by atomic mass is 10.2. The van der Waals surface area contributed by atoms with E-state index in [1.165, 1.54) is 4.31 Å². The molecule has 1 aromatic heterocycles. The van der Waals surface area contributed by atoms with Gasteiger partial charge in [0.25, 0.3) is 10.0 Å². The van der Waals surface area contributed by atoms with Gasteiger partial charge in [0.1, 0.15) is 4.21 Å². The van der Waals surface area contributed by atoms with E-state index in [2.05, 4.69) is 5.43 Å². The number of hydrogen-bond acceptors (Lipinski definition) is 8. The van der Waals surface area contributed by atoms with Crippen molar-refractivity contribution in [3.63, 3.8) is 0 Å². The third-order valence-electron chi connectivity index (χ3n) is 3.13. The minimum Gasteiger partial charge on any atom is -0.375 e. The topological polar surface area (TPSA) is 128 Å². The molecule has 2 rings (SSSR count). The fourth-order valence-electron chi connectivity index (χ4n) is 2.05. The van der Waals surface area contributed by atoms with Crippen LogP contribution < -0.4 is 11.3 Å². The number of hydrazine groups is 1. The zero-order chi connectivity index (χ0) is 15.8. The van der Waals surface area contributed by atoms with Crippen LogP contribution in [-0.4, -0.2) is 42.9 Å². The summed E-state index contributed by atoms with van der Waals surface area (Å²) in [6, 6.07) is 0.698. The van der Waals surface area contributed by atoms with E-state index in [1.807, 2.05) is 0 Å². The number of nitrogens with zero attached hydrogens (tertiary/aromatic N) is 2. The summed E-state index contributed by atoms with van der Waals surface area (Å²) in [5, 5.41) is 10.9. The minimum absolute atomic E-state index is 0.00698. The monoisotopic (exact) mass is 336 g/mol. The van der Waals surface area contributed by atoms with E-state index >= 15 is 0 Å². The number of thiophene rings is 1. The molecule has 0 amide bonds. The lowest BCUT2D eigenvalue weighted by molar-refractivity contribution is -0.383. The van der Waals surface area contributed by atoms with Crippen molar-refractivity contribution in [2.24, 2.45) is 5.84 Å². The van der Waals surface area contributed by atoms with Gasteiger partial charge >= 0.3 is 5.69 Å². The lowest BCUT2D eigenvalue weighted by Crippen LogP contribution is -2.49. The van der Waals surface area contributed by atoms with Crippen molar-refractivity contribution in [3.8, 4) is 0 Å². The van der Waals surface area contributed by atoms with Gasteiger partial charge in [-0.3, -0.25) is 10.1 Å². The molecule has 2 unspecified atom stereocenters. The molecule has 0 bridgehead atoms. The Morgan fingerprint density at radius 3 is 2.76 bits per heavy atom. The smallest absolute Gasteiger partial charge is 0.306 e. The van der Waals surface area contributed by atoms with Crippen LogP contribution >= 0.6 is 11.3 Å². The van der Waals surface area contributed by atoms with Gasteiger partial charge in [-0.05, 0) is 13.8 Å². The zero-order valence-electron chi connectivity index (χ0n) is 11.5. The number of morpholine rings is 1. The molecule has 1 aliphatic rings. The quantitative estimate of drug-likeness (QED) is 0.471. The zero-order valence-corrected chi connectivity index (χ0v) is 13.1. The molecule has 0 radical (unpaired) electrons. The first kappa shape index (κ1) is 16.1. The average Bonchev–Trinajstić information content (AvgIpc) is 2.86. The van der Waals surface area contributed by atoms with Crippen LogP contribution in [0.5, 0.6) is 0 Å². The summed E-state index contributed by atoms with van der Waals surface area (Å²) in [6.45, 7) is 4.00. The first-order chi connectivity index (χ1) is 9.77. The van der Waals surface area contributed by atoms with Crippen molar-refractivity contribution < 1.29 is 18.1 Å². The normalized spacial score (nSPS) is 24.0. The minimum atomic E-state index is -3.82. The van der Waals surface area contributed by atoms with Crippen molar-refractivity contribution >= 4 is 32.0 Å². The Morgan fingerprint density at radius 1 is 1.57 bits per heavy atom. The molecule has 9 nitrogen and oxygen atoms in total. The second-order valence-electron chi connectivity index (χ2n) is 4.75. The summed E-state index contributed by atoms with van der Waals surface area (Å²) >= 11 is 0.743. The van der Waals surface area contributed by atoms with Gasteiger partial charge in [0, 0.05) is 18.7 Å². The molecule has 21 heavy (non-hydrogen) atoms. The maximum Gasteiger partial charge on any atom is 0.306 e. The van der Waals surface area contributed by atoms with E-state index in [-0.39, 0.29) is 40.2 Å². The van der Waals surface area contributed by atoms with Crippen LogP contribution in [0.3, 0.4) is 0 Å². The van der Waals surface area contributed by atoms with Crippen molar-refractivity contribution in [1.29, 1.82) is 0 Å². The first-order valence-corrected chi connectivity index (χ1v) is 8.41. The summed E-state index contributed by atoms with van der Waals surface area (Å²) in [6.07, 6.45) is -0.224. The molecule has 1 saturated heterocycles. The van der Waals surface area contributed by atoms with Gasteiger partial charge in [-0.1, -0.05) is 11.3 Å². The SMILES string of the molecule is CC1CN(S(=O)(=O)c2cc([N+](=O)[O-])c(NN)s2)C(C)CO1. The van der Waals surface area contributed by atoms with Crippen molar-refractivity contribution in [3.05, 3.63) is 16.2 Å².